The minimum absolute atomic E-state index is 0.128. The zero-order valence-electron chi connectivity index (χ0n) is 55.8. The number of aliphatic hydroxyl groups is 5. The normalized spacial score (nSPS) is 18.5. The molecule has 1 aliphatic heterocycles. The molecular weight excluding hydrogens is 1060 g/mol. The zero-order chi connectivity index (χ0) is 61.7. The molecule has 1 saturated heterocycles. The lowest BCUT2D eigenvalue weighted by Crippen LogP contribution is -2.61. The third-order valence-electron chi connectivity index (χ3n) is 17.5. The summed E-state index contributed by atoms with van der Waals surface area (Å²) in [6.45, 7) is 5.83. The van der Waals surface area contributed by atoms with Crippen LogP contribution < -0.4 is 5.32 Å². The number of unbranched alkanes of at least 4 members (excludes halogenated alkanes) is 46. The lowest BCUT2D eigenvalue weighted by Gasteiger charge is -2.41. The van der Waals surface area contributed by atoms with Gasteiger partial charge in [-0.3, -0.25) is 9.59 Å². The number of allylic oxidation sites excluding steroid dienone is 5. The van der Waals surface area contributed by atoms with Gasteiger partial charge in [0.25, 0.3) is 0 Å². The summed E-state index contributed by atoms with van der Waals surface area (Å²) in [6, 6.07) is -1.02. The van der Waals surface area contributed by atoms with Crippen molar-refractivity contribution in [1.82, 2.24) is 5.32 Å². The smallest absolute Gasteiger partial charge is 0.306 e. The molecule has 1 heterocycles. The van der Waals surface area contributed by atoms with Gasteiger partial charge in [-0.1, -0.05) is 333 Å². The molecule has 0 saturated carbocycles. The Morgan fingerprint density at radius 2 is 0.812 bits per heavy atom. The van der Waals surface area contributed by atoms with Gasteiger partial charge in [-0.05, 0) is 57.8 Å². The minimum atomic E-state index is -1.61. The molecule has 8 atom stereocenters. The maximum Gasteiger partial charge on any atom is 0.306 e. The summed E-state index contributed by atoms with van der Waals surface area (Å²) in [4.78, 5) is 26.7. The van der Waals surface area contributed by atoms with E-state index >= 15 is 0 Å². The number of carbonyl (C=O) groups excluding carboxylic acids is 2. The highest BCUT2D eigenvalue weighted by molar-refractivity contribution is 5.80. The first kappa shape index (κ1) is 80.9. The van der Waals surface area contributed by atoms with Gasteiger partial charge < -0.3 is 45.1 Å². The second kappa shape index (κ2) is 62.1. The van der Waals surface area contributed by atoms with Crippen LogP contribution in [-0.4, -0.2) is 99.6 Å². The first-order valence-electron chi connectivity index (χ1n) is 36.8. The van der Waals surface area contributed by atoms with Gasteiger partial charge in [0.05, 0.1) is 25.4 Å². The van der Waals surface area contributed by atoms with Crippen molar-refractivity contribution in [2.24, 2.45) is 0 Å². The Bertz CT molecular complexity index is 1520. The van der Waals surface area contributed by atoms with Crippen molar-refractivity contribution in [2.75, 3.05) is 13.2 Å². The number of hydrogen-bond donors (Lipinski definition) is 6. The highest BCUT2D eigenvalue weighted by Gasteiger charge is 2.47. The summed E-state index contributed by atoms with van der Waals surface area (Å²) >= 11 is 0. The van der Waals surface area contributed by atoms with Crippen molar-refractivity contribution in [3.8, 4) is 0 Å². The van der Waals surface area contributed by atoms with Gasteiger partial charge in [0.1, 0.15) is 24.4 Å². The topological polar surface area (TPSA) is 175 Å². The molecule has 8 unspecified atom stereocenters. The van der Waals surface area contributed by atoms with Crippen LogP contribution in [0, 0.1) is 0 Å². The number of rotatable bonds is 64. The van der Waals surface area contributed by atoms with Crippen molar-refractivity contribution < 1.29 is 49.3 Å². The summed E-state index contributed by atoms with van der Waals surface area (Å²) in [5, 5.41) is 57.3. The maximum absolute atomic E-state index is 13.5. The largest absolute Gasteiger partial charge is 0.454 e. The van der Waals surface area contributed by atoms with Crippen LogP contribution in [0.1, 0.15) is 361 Å². The van der Waals surface area contributed by atoms with Crippen LogP contribution in [0.15, 0.2) is 36.5 Å². The van der Waals surface area contributed by atoms with E-state index in [0.717, 1.165) is 64.2 Å². The first-order chi connectivity index (χ1) is 41.7. The van der Waals surface area contributed by atoms with Crippen LogP contribution in [0.3, 0.4) is 0 Å². The second-order valence-corrected chi connectivity index (χ2v) is 25.7. The molecule has 1 rings (SSSR count). The molecule has 0 bridgehead atoms. The third kappa shape index (κ3) is 49.4. The van der Waals surface area contributed by atoms with Crippen LogP contribution in [0.5, 0.6) is 0 Å². The fraction of sp³-hybridized carbons (Fsp3) is 0.892. The first-order valence-corrected chi connectivity index (χ1v) is 36.8. The number of carbonyl (C=O) groups is 2. The molecular formula is C74H139NO10. The fourth-order valence-electron chi connectivity index (χ4n) is 11.7. The van der Waals surface area contributed by atoms with Crippen LogP contribution in [0.4, 0.5) is 0 Å². The summed E-state index contributed by atoms with van der Waals surface area (Å²) in [5.74, 6) is -1.17. The molecule has 0 aromatic heterocycles. The number of esters is 1. The van der Waals surface area contributed by atoms with Crippen molar-refractivity contribution in [3.05, 3.63) is 36.5 Å². The Morgan fingerprint density at radius 1 is 0.459 bits per heavy atom. The molecule has 0 spiro atoms. The highest BCUT2D eigenvalue weighted by Crippen LogP contribution is 2.27. The van der Waals surface area contributed by atoms with E-state index < -0.39 is 67.4 Å². The Balaban J connectivity index is 2.52. The molecule has 0 aromatic carbocycles. The van der Waals surface area contributed by atoms with Gasteiger partial charge in [0.2, 0.25) is 5.91 Å². The quantitative estimate of drug-likeness (QED) is 0.0195. The van der Waals surface area contributed by atoms with Crippen molar-refractivity contribution in [1.29, 1.82) is 0 Å². The number of nitrogens with one attached hydrogen (secondary N) is 1. The van der Waals surface area contributed by atoms with E-state index in [1.807, 2.05) is 6.08 Å². The van der Waals surface area contributed by atoms with Gasteiger partial charge in [-0.15, -0.1) is 0 Å². The van der Waals surface area contributed by atoms with Gasteiger partial charge in [0.15, 0.2) is 12.4 Å². The maximum atomic E-state index is 13.5. The van der Waals surface area contributed by atoms with Crippen molar-refractivity contribution in [3.63, 3.8) is 0 Å². The predicted octanol–water partition coefficient (Wildman–Crippen LogP) is 19.0. The average molecular weight is 1200 g/mol. The van der Waals surface area contributed by atoms with E-state index in [4.69, 9.17) is 14.2 Å². The van der Waals surface area contributed by atoms with Gasteiger partial charge in [0, 0.05) is 6.42 Å². The average Bonchev–Trinajstić information content (AvgIpc) is 2.50. The zero-order valence-corrected chi connectivity index (χ0v) is 55.8. The standard InChI is InChI=1S/C74H139NO10/c1-4-7-10-13-16-19-22-25-27-29-30-31-32-33-34-35-36-37-38-39-41-44-47-50-53-56-59-62-69(79)85-72-71(81)70(80)68(63-76)84-74(72)83-64-65(66(77)60-57-54-51-48-45-42-24-21-18-15-12-9-6-3)75-73(82)67(78)61-58-55-52-49-46-43-40-28-26-23-20-17-14-11-8-5-2/h16,19,25,27,57,60,65-68,70-72,74,76-78,80-81H,4-15,17-18,20-24,26,28-56,58-59,61-64H2,1-3H3,(H,75,82)/b19-16-,27-25-,60-57+. The lowest BCUT2D eigenvalue weighted by molar-refractivity contribution is -0.305. The van der Waals surface area contributed by atoms with E-state index in [9.17, 15) is 35.1 Å². The summed E-state index contributed by atoms with van der Waals surface area (Å²) in [7, 11) is 0. The number of hydrogen-bond acceptors (Lipinski definition) is 10. The predicted molar refractivity (Wildman–Crippen MR) is 357 cm³/mol. The fourth-order valence-corrected chi connectivity index (χ4v) is 11.7. The van der Waals surface area contributed by atoms with Crippen molar-refractivity contribution in [2.45, 2.75) is 410 Å². The van der Waals surface area contributed by atoms with Gasteiger partial charge in [-0.2, -0.15) is 0 Å². The number of amides is 1. The molecule has 500 valence electrons. The molecule has 6 N–H and O–H groups in total. The molecule has 0 aliphatic carbocycles. The highest BCUT2D eigenvalue weighted by atomic mass is 16.7. The monoisotopic (exact) mass is 1200 g/mol. The van der Waals surface area contributed by atoms with Gasteiger partial charge in [-0.25, -0.2) is 0 Å². The lowest BCUT2D eigenvalue weighted by atomic mass is 9.99. The molecule has 11 heteroatoms. The minimum Gasteiger partial charge on any atom is -0.454 e. The number of ether oxygens (including phenoxy) is 3. The SMILES string of the molecule is CCCCC/C=C\C/C=C\CCCCCCCCCCCCCCCCCCCC(=O)OC1C(OCC(NC(=O)C(O)CCCCCCCCCCCCCCCCCC)C(O)/C=C/CCCCCCCCCCCCC)OC(CO)C(O)C1O. The second-order valence-electron chi connectivity index (χ2n) is 25.7. The van der Waals surface area contributed by atoms with E-state index in [1.54, 1.807) is 6.08 Å². The molecule has 0 radical (unpaired) electrons. The van der Waals surface area contributed by atoms with E-state index in [-0.39, 0.29) is 13.0 Å². The van der Waals surface area contributed by atoms with Crippen LogP contribution >= 0.6 is 0 Å². The van der Waals surface area contributed by atoms with Crippen LogP contribution in [0.25, 0.3) is 0 Å². The summed E-state index contributed by atoms with van der Waals surface area (Å²) < 4.78 is 17.7. The summed E-state index contributed by atoms with van der Waals surface area (Å²) in [6.07, 6.45) is 66.2. The molecule has 11 nitrogen and oxygen atoms in total. The Morgan fingerprint density at radius 3 is 1.22 bits per heavy atom. The molecule has 1 amide bonds. The van der Waals surface area contributed by atoms with E-state index in [2.05, 4.69) is 50.4 Å². The number of aliphatic hydroxyl groups excluding tert-OH is 5. The van der Waals surface area contributed by atoms with E-state index in [1.165, 1.54) is 250 Å². The van der Waals surface area contributed by atoms with Gasteiger partial charge >= 0.3 is 5.97 Å². The van der Waals surface area contributed by atoms with E-state index in [0.29, 0.717) is 19.3 Å². The Kier molecular flexibility index (Phi) is 59.1. The third-order valence-corrected chi connectivity index (χ3v) is 17.5. The van der Waals surface area contributed by atoms with Crippen LogP contribution in [0.2, 0.25) is 0 Å². The molecule has 85 heavy (non-hydrogen) atoms. The van der Waals surface area contributed by atoms with Crippen LogP contribution in [-0.2, 0) is 23.8 Å². The molecule has 1 aliphatic rings. The summed E-state index contributed by atoms with van der Waals surface area (Å²) in [5.41, 5.74) is 0. The molecule has 0 aromatic rings. The van der Waals surface area contributed by atoms with Crippen molar-refractivity contribution >= 4 is 11.9 Å². The Labute approximate surface area is 523 Å². The Hall–Kier alpha value is -2.12. The molecule has 1 fully saturated rings.